The number of aliphatic imine (C=N–C) groups is 1. The SMILES string of the molecule is I.NC(=NCc1cccc(C(F)(F)F)c1)N1CCSCC1. The maximum atomic E-state index is 12.6. The molecule has 8 heteroatoms. The van der Waals surface area contributed by atoms with Crippen molar-refractivity contribution in [3.8, 4) is 0 Å². The molecule has 1 aromatic rings. The summed E-state index contributed by atoms with van der Waals surface area (Å²) in [6, 6.07) is 5.18. The summed E-state index contributed by atoms with van der Waals surface area (Å²) in [4.78, 5) is 6.15. The van der Waals surface area contributed by atoms with Crippen molar-refractivity contribution in [3.05, 3.63) is 35.4 Å². The quantitative estimate of drug-likeness (QED) is 0.445. The Labute approximate surface area is 143 Å². The zero-order chi connectivity index (χ0) is 14.6. The number of hydrogen-bond acceptors (Lipinski definition) is 2. The molecule has 1 saturated heterocycles. The van der Waals surface area contributed by atoms with Gasteiger partial charge in [0.1, 0.15) is 0 Å². The molecule has 0 atom stereocenters. The largest absolute Gasteiger partial charge is 0.416 e. The van der Waals surface area contributed by atoms with Crippen LogP contribution in [0.4, 0.5) is 13.2 Å². The van der Waals surface area contributed by atoms with Gasteiger partial charge in [0.05, 0.1) is 12.1 Å². The fourth-order valence-electron chi connectivity index (χ4n) is 1.91. The third kappa shape index (κ3) is 5.57. The molecule has 1 aliphatic heterocycles. The lowest BCUT2D eigenvalue weighted by atomic mass is 10.1. The second-order valence-electron chi connectivity index (χ2n) is 4.47. The first kappa shape index (κ1) is 18.4. The summed E-state index contributed by atoms with van der Waals surface area (Å²) in [7, 11) is 0. The fraction of sp³-hybridized carbons (Fsp3) is 0.462. The van der Waals surface area contributed by atoms with Gasteiger partial charge in [0.25, 0.3) is 0 Å². The highest BCUT2D eigenvalue weighted by Gasteiger charge is 2.30. The number of alkyl halides is 3. The van der Waals surface area contributed by atoms with Crippen molar-refractivity contribution in [3.63, 3.8) is 0 Å². The van der Waals surface area contributed by atoms with Gasteiger partial charge >= 0.3 is 6.18 Å². The maximum Gasteiger partial charge on any atom is 0.416 e. The Morgan fingerprint density at radius 2 is 1.95 bits per heavy atom. The second kappa shape index (κ2) is 8.11. The van der Waals surface area contributed by atoms with Crippen LogP contribution in [0.5, 0.6) is 0 Å². The molecular weight excluding hydrogens is 414 g/mol. The molecule has 0 aromatic heterocycles. The highest BCUT2D eigenvalue weighted by atomic mass is 127. The van der Waals surface area contributed by atoms with E-state index in [4.69, 9.17) is 5.73 Å². The molecule has 0 saturated carbocycles. The molecule has 0 aliphatic carbocycles. The molecule has 0 bridgehead atoms. The van der Waals surface area contributed by atoms with E-state index in [2.05, 4.69) is 4.99 Å². The predicted molar refractivity (Wildman–Crippen MR) is 91.1 cm³/mol. The molecule has 21 heavy (non-hydrogen) atoms. The van der Waals surface area contributed by atoms with Gasteiger partial charge in [-0.15, -0.1) is 24.0 Å². The van der Waals surface area contributed by atoms with Crippen LogP contribution >= 0.6 is 35.7 Å². The van der Waals surface area contributed by atoms with E-state index in [9.17, 15) is 13.2 Å². The van der Waals surface area contributed by atoms with Crippen LogP contribution in [0.2, 0.25) is 0 Å². The molecule has 118 valence electrons. The monoisotopic (exact) mass is 431 g/mol. The Morgan fingerprint density at radius 3 is 2.57 bits per heavy atom. The van der Waals surface area contributed by atoms with E-state index in [0.717, 1.165) is 36.7 Å². The van der Waals surface area contributed by atoms with Crippen LogP contribution in [-0.2, 0) is 12.7 Å². The average molecular weight is 431 g/mol. The van der Waals surface area contributed by atoms with Crippen LogP contribution in [0.1, 0.15) is 11.1 Å². The molecular formula is C13H17F3IN3S. The molecule has 0 unspecified atom stereocenters. The summed E-state index contributed by atoms with van der Waals surface area (Å²) in [5.74, 6) is 2.40. The molecule has 0 spiro atoms. The second-order valence-corrected chi connectivity index (χ2v) is 5.70. The van der Waals surface area contributed by atoms with Gasteiger partial charge in [-0.3, -0.25) is 0 Å². The van der Waals surface area contributed by atoms with Crippen molar-refractivity contribution < 1.29 is 13.2 Å². The molecule has 1 aromatic carbocycles. The van der Waals surface area contributed by atoms with Gasteiger partial charge in [-0.1, -0.05) is 12.1 Å². The Bertz CT molecular complexity index is 488. The Hall–Kier alpha value is -0.640. The summed E-state index contributed by atoms with van der Waals surface area (Å²) in [5.41, 5.74) is 5.72. The Morgan fingerprint density at radius 1 is 1.29 bits per heavy atom. The van der Waals surface area contributed by atoms with Crippen LogP contribution < -0.4 is 5.73 Å². The number of nitrogens with zero attached hydrogens (tertiary/aromatic N) is 2. The third-order valence-corrected chi connectivity index (χ3v) is 3.96. The highest BCUT2D eigenvalue weighted by Crippen LogP contribution is 2.29. The van der Waals surface area contributed by atoms with Gasteiger partial charge in [0.2, 0.25) is 0 Å². The molecule has 0 radical (unpaired) electrons. The fourth-order valence-corrected chi connectivity index (χ4v) is 2.81. The summed E-state index contributed by atoms with van der Waals surface area (Å²) >= 11 is 1.86. The molecule has 2 rings (SSSR count). The summed E-state index contributed by atoms with van der Waals surface area (Å²) in [6.45, 7) is 1.84. The normalized spacial score (nSPS) is 16.5. The lowest BCUT2D eigenvalue weighted by molar-refractivity contribution is -0.137. The summed E-state index contributed by atoms with van der Waals surface area (Å²) < 4.78 is 37.8. The molecule has 0 amide bonds. The molecule has 2 N–H and O–H groups in total. The third-order valence-electron chi connectivity index (χ3n) is 3.01. The first-order chi connectivity index (χ1) is 9.47. The van der Waals surface area contributed by atoms with Gasteiger partial charge in [0.15, 0.2) is 5.96 Å². The molecule has 3 nitrogen and oxygen atoms in total. The predicted octanol–water partition coefficient (Wildman–Crippen LogP) is 3.19. The standard InChI is InChI=1S/C13H16F3N3S.HI/c14-13(15,16)11-3-1-2-10(8-11)9-18-12(17)19-4-6-20-7-5-19;/h1-3,8H,4-7,9H2,(H2,17,18);1H. The minimum atomic E-state index is -4.32. The lowest BCUT2D eigenvalue weighted by Gasteiger charge is -2.27. The van der Waals surface area contributed by atoms with Crippen molar-refractivity contribution in [2.45, 2.75) is 12.7 Å². The highest BCUT2D eigenvalue weighted by molar-refractivity contribution is 14.0. The summed E-state index contributed by atoms with van der Waals surface area (Å²) in [5, 5.41) is 0. The smallest absolute Gasteiger partial charge is 0.370 e. The molecule has 1 aliphatic rings. The Balaban J connectivity index is 0.00000220. The minimum absolute atomic E-state index is 0. The van der Waals surface area contributed by atoms with E-state index in [1.165, 1.54) is 6.07 Å². The van der Waals surface area contributed by atoms with Crippen molar-refractivity contribution in [2.75, 3.05) is 24.6 Å². The Kier molecular flexibility index (Phi) is 7.11. The van der Waals surface area contributed by atoms with Crippen LogP contribution in [0, 0.1) is 0 Å². The van der Waals surface area contributed by atoms with E-state index in [1.807, 2.05) is 16.7 Å². The number of nitrogens with two attached hydrogens (primary N) is 1. The maximum absolute atomic E-state index is 12.6. The number of guanidine groups is 1. The lowest BCUT2D eigenvalue weighted by Crippen LogP contribution is -2.42. The molecule has 1 heterocycles. The topological polar surface area (TPSA) is 41.6 Å². The van der Waals surface area contributed by atoms with Crippen LogP contribution in [0.25, 0.3) is 0 Å². The number of benzene rings is 1. The van der Waals surface area contributed by atoms with Crippen molar-refractivity contribution in [1.29, 1.82) is 0 Å². The van der Waals surface area contributed by atoms with Gasteiger partial charge < -0.3 is 10.6 Å². The van der Waals surface area contributed by atoms with Crippen LogP contribution in [-0.4, -0.2) is 35.5 Å². The van der Waals surface area contributed by atoms with Crippen LogP contribution in [0.3, 0.4) is 0 Å². The van der Waals surface area contributed by atoms with Gasteiger partial charge in [0, 0.05) is 24.6 Å². The van der Waals surface area contributed by atoms with E-state index in [-0.39, 0.29) is 30.5 Å². The van der Waals surface area contributed by atoms with E-state index in [1.54, 1.807) is 6.07 Å². The van der Waals surface area contributed by atoms with Crippen molar-refractivity contribution in [2.24, 2.45) is 10.7 Å². The number of hydrogen-bond donors (Lipinski definition) is 1. The van der Waals surface area contributed by atoms with Gasteiger partial charge in [-0.05, 0) is 17.7 Å². The first-order valence-corrected chi connectivity index (χ1v) is 7.41. The van der Waals surface area contributed by atoms with E-state index < -0.39 is 11.7 Å². The zero-order valence-electron chi connectivity index (χ0n) is 11.3. The van der Waals surface area contributed by atoms with Crippen molar-refractivity contribution in [1.82, 2.24) is 4.90 Å². The minimum Gasteiger partial charge on any atom is -0.370 e. The zero-order valence-corrected chi connectivity index (χ0v) is 14.4. The number of halogens is 4. The van der Waals surface area contributed by atoms with E-state index >= 15 is 0 Å². The van der Waals surface area contributed by atoms with E-state index in [0.29, 0.717) is 11.5 Å². The van der Waals surface area contributed by atoms with Crippen LogP contribution in [0.15, 0.2) is 29.3 Å². The van der Waals surface area contributed by atoms with Gasteiger partial charge in [-0.25, -0.2) is 4.99 Å². The number of thioether (sulfide) groups is 1. The number of rotatable bonds is 2. The van der Waals surface area contributed by atoms with Gasteiger partial charge in [-0.2, -0.15) is 24.9 Å². The first-order valence-electron chi connectivity index (χ1n) is 6.25. The van der Waals surface area contributed by atoms with Crippen molar-refractivity contribution >= 4 is 41.7 Å². The molecule has 1 fully saturated rings. The average Bonchev–Trinajstić information content (AvgIpc) is 2.45. The summed E-state index contributed by atoms with van der Waals surface area (Å²) in [6.07, 6.45) is -4.32.